The molecule has 1 heterocycles. The smallest absolute Gasteiger partial charge is 0.134 e. The number of phenolic OH excluding ortho intramolecular Hbond substituents is 1. The monoisotopic (exact) mass is 212 g/mol. The maximum atomic E-state index is 9.44. The van der Waals surface area contributed by atoms with Crippen LogP contribution < -0.4 is 4.74 Å². The Morgan fingerprint density at radius 2 is 1.75 bits per heavy atom. The molecule has 0 radical (unpaired) electrons. The second-order valence-corrected chi connectivity index (χ2v) is 4.08. The lowest BCUT2D eigenvalue weighted by molar-refractivity contribution is 0.435. The average Bonchev–Trinajstić information content (AvgIpc) is 2.29. The summed E-state index contributed by atoms with van der Waals surface area (Å²) in [6, 6.07) is 13.3. The van der Waals surface area contributed by atoms with E-state index >= 15 is 0 Å². The summed E-state index contributed by atoms with van der Waals surface area (Å²) in [5.74, 6) is 2.19. The lowest BCUT2D eigenvalue weighted by Crippen LogP contribution is -2.06. The molecule has 0 amide bonds. The van der Waals surface area contributed by atoms with Crippen molar-refractivity contribution < 1.29 is 9.84 Å². The standard InChI is InChI=1S/C14H12O2/c1-9-11-4-2-3-5-13(11)16-14-8-10(15)6-7-12(9)14/h2-9,15H,1H3. The first kappa shape index (κ1) is 9.28. The molecule has 2 nitrogen and oxygen atoms in total. The predicted octanol–water partition coefficient (Wildman–Crippen LogP) is 3.65. The molecule has 0 bridgehead atoms. The van der Waals surface area contributed by atoms with Gasteiger partial charge in [-0.2, -0.15) is 0 Å². The van der Waals surface area contributed by atoms with Crippen LogP contribution in [0.25, 0.3) is 0 Å². The zero-order valence-corrected chi connectivity index (χ0v) is 8.97. The number of rotatable bonds is 0. The Hall–Kier alpha value is -1.96. The molecule has 16 heavy (non-hydrogen) atoms. The van der Waals surface area contributed by atoms with E-state index in [9.17, 15) is 5.11 Å². The van der Waals surface area contributed by atoms with Crippen molar-refractivity contribution in [2.75, 3.05) is 0 Å². The summed E-state index contributed by atoms with van der Waals surface area (Å²) in [6.07, 6.45) is 0. The van der Waals surface area contributed by atoms with E-state index in [1.807, 2.05) is 24.3 Å². The van der Waals surface area contributed by atoms with E-state index in [-0.39, 0.29) is 5.75 Å². The van der Waals surface area contributed by atoms with Crippen molar-refractivity contribution >= 4 is 0 Å². The number of hydrogen-bond donors (Lipinski definition) is 1. The Balaban J connectivity index is 2.18. The molecule has 1 unspecified atom stereocenters. The van der Waals surface area contributed by atoms with Gasteiger partial charge in [-0.15, -0.1) is 0 Å². The largest absolute Gasteiger partial charge is 0.508 e. The maximum Gasteiger partial charge on any atom is 0.134 e. The number of para-hydroxylation sites is 1. The molecule has 0 saturated carbocycles. The van der Waals surface area contributed by atoms with Gasteiger partial charge in [0.2, 0.25) is 0 Å². The van der Waals surface area contributed by atoms with E-state index in [1.54, 1.807) is 12.1 Å². The van der Waals surface area contributed by atoms with E-state index < -0.39 is 0 Å². The molecule has 80 valence electrons. The molecule has 2 aromatic rings. The SMILES string of the molecule is CC1c2ccccc2Oc2cc(O)ccc21. The van der Waals surface area contributed by atoms with E-state index in [0.717, 1.165) is 17.1 Å². The maximum absolute atomic E-state index is 9.44. The third kappa shape index (κ3) is 1.27. The fourth-order valence-corrected chi connectivity index (χ4v) is 2.19. The van der Waals surface area contributed by atoms with Crippen molar-refractivity contribution in [1.82, 2.24) is 0 Å². The summed E-state index contributed by atoms with van der Waals surface area (Å²) in [6.45, 7) is 2.15. The van der Waals surface area contributed by atoms with Gasteiger partial charge in [-0.1, -0.05) is 31.2 Å². The minimum Gasteiger partial charge on any atom is -0.508 e. The average molecular weight is 212 g/mol. The van der Waals surface area contributed by atoms with E-state index in [2.05, 4.69) is 13.0 Å². The molecular weight excluding hydrogens is 200 g/mol. The van der Waals surface area contributed by atoms with Crippen molar-refractivity contribution in [2.24, 2.45) is 0 Å². The number of phenols is 1. The summed E-state index contributed by atoms with van der Waals surface area (Å²) < 4.78 is 5.77. The van der Waals surface area contributed by atoms with Gasteiger partial charge in [0.25, 0.3) is 0 Å². The lowest BCUT2D eigenvalue weighted by atomic mass is 9.90. The van der Waals surface area contributed by atoms with E-state index in [0.29, 0.717) is 5.92 Å². The molecule has 1 atom stereocenters. The van der Waals surface area contributed by atoms with Crippen molar-refractivity contribution in [1.29, 1.82) is 0 Å². The highest BCUT2D eigenvalue weighted by atomic mass is 16.5. The van der Waals surface area contributed by atoms with Crippen LogP contribution in [0.15, 0.2) is 42.5 Å². The first-order valence-corrected chi connectivity index (χ1v) is 5.35. The van der Waals surface area contributed by atoms with Gasteiger partial charge in [-0.05, 0) is 12.1 Å². The molecule has 0 aromatic heterocycles. The van der Waals surface area contributed by atoms with Crippen LogP contribution in [0.5, 0.6) is 17.2 Å². The Morgan fingerprint density at radius 1 is 1.00 bits per heavy atom. The molecule has 0 spiro atoms. The fourth-order valence-electron chi connectivity index (χ4n) is 2.19. The van der Waals surface area contributed by atoms with Gasteiger partial charge in [0.1, 0.15) is 17.2 Å². The lowest BCUT2D eigenvalue weighted by Gasteiger charge is -2.25. The normalized spacial score (nSPS) is 17.2. The van der Waals surface area contributed by atoms with Gasteiger partial charge in [-0.3, -0.25) is 0 Å². The quantitative estimate of drug-likeness (QED) is 0.722. The molecule has 3 rings (SSSR count). The summed E-state index contributed by atoms with van der Waals surface area (Å²) >= 11 is 0. The Labute approximate surface area is 94.1 Å². The van der Waals surface area contributed by atoms with Crippen LogP contribution in [0.4, 0.5) is 0 Å². The van der Waals surface area contributed by atoms with Gasteiger partial charge < -0.3 is 9.84 Å². The second-order valence-electron chi connectivity index (χ2n) is 4.08. The Morgan fingerprint density at radius 3 is 2.62 bits per heavy atom. The van der Waals surface area contributed by atoms with Crippen LogP contribution >= 0.6 is 0 Å². The molecular formula is C14H12O2. The predicted molar refractivity (Wildman–Crippen MR) is 62.1 cm³/mol. The first-order chi connectivity index (χ1) is 7.75. The highest BCUT2D eigenvalue weighted by Crippen LogP contribution is 2.44. The Bertz CT molecular complexity index is 546. The van der Waals surface area contributed by atoms with Gasteiger partial charge >= 0.3 is 0 Å². The molecule has 0 saturated heterocycles. The highest BCUT2D eigenvalue weighted by molar-refractivity contribution is 5.54. The van der Waals surface area contributed by atoms with Crippen LogP contribution in [0, 0.1) is 0 Å². The Kier molecular flexibility index (Phi) is 1.90. The summed E-state index contributed by atoms with van der Waals surface area (Å²) in [4.78, 5) is 0. The van der Waals surface area contributed by atoms with Crippen LogP contribution in [0.3, 0.4) is 0 Å². The molecule has 2 aromatic carbocycles. The van der Waals surface area contributed by atoms with Gasteiger partial charge in [0.05, 0.1) is 0 Å². The highest BCUT2D eigenvalue weighted by Gasteiger charge is 2.23. The minimum atomic E-state index is 0.241. The molecule has 0 fully saturated rings. The number of ether oxygens (including phenoxy) is 1. The number of fused-ring (bicyclic) bond motifs is 2. The number of hydrogen-bond acceptors (Lipinski definition) is 2. The first-order valence-electron chi connectivity index (χ1n) is 5.35. The van der Waals surface area contributed by atoms with Gasteiger partial charge in [0.15, 0.2) is 0 Å². The van der Waals surface area contributed by atoms with Crippen molar-refractivity contribution in [3.05, 3.63) is 53.6 Å². The molecule has 1 N–H and O–H groups in total. The van der Waals surface area contributed by atoms with E-state index in [1.165, 1.54) is 5.56 Å². The molecule has 2 heteroatoms. The van der Waals surface area contributed by atoms with E-state index in [4.69, 9.17) is 4.74 Å². The zero-order valence-electron chi connectivity index (χ0n) is 8.97. The van der Waals surface area contributed by atoms with Crippen molar-refractivity contribution in [3.63, 3.8) is 0 Å². The number of benzene rings is 2. The fraction of sp³-hybridized carbons (Fsp3) is 0.143. The van der Waals surface area contributed by atoms with Crippen LogP contribution in [-0.2, 0) is 0 Å². The molecule has 1 aliphatic heterocycles. The summed E-state index contributed by atoms with van der Waals surface area (Å²) in [5.41, 5.74) is 2.32. The number of aromatic hydroxyl groups is 1. The third-order valence-corrected chi connectivity index (χ3v) is 3.07. The minimum absolute atomic E-state index is 0.241. The van der Waals surface area contributed by atoms with Crippen LogP contribution in [-0.4, -0.2) is 5.11 Å². The summed E-state index contributed by atoms with van der Waals surface area (Å²) in [7, 11) is 0. The van der Waals surface area contributed by atoms with Crippen LogP contribution in [0.1, 0.15) is 24.0 Å². The summed E-state index contributed by atoms with van der Waals surface area (Å²) in [5, 5.41) is 9.44. The third-order valence-electron chi connectivity index (χ3n) is 3.07. The second kappa shape index (κ2) is 3.27. The van der Waals surface area contributed by atoms with Crippen molar-refractivity contribution in [3.8, 4) is 17.2 Å². The topological polar surface area (TPSA) is 29.5 Å². The van der Waals surface area contributed by atoms with Crippen molar-refractivity contribution in [2.45, 2.75) is 12.8 Å². The van der Waals surface area contributed by atoms with Gasteiger partial charge in [0, 0.05) is 23.1 Å². The molecule has 1 aliphatic rings. The van der Waals surface area contributed by atoms with Gasteiger partial charge in [-0.25, -0.2) is 0 Å². The van der Waals surface area contributed by atoms with Crippen LogP contribution in [0.2, 0.25) is 0 Å². The zero-order chi connectivity index (χ0) is 11.1. The molecule has 0 aliphatic carbocycles.